The number of ether oxygens (including phenoxy) is 1. The van der Waals surface area contributed by atoms with Gasteiger partial charge in [0.05, 0.1) is 13.2 Å². The van der Waals surface area contributed by atoms with Crippen molar-refractivity contribution in [2.45, 2.75) is 13.8 Å². The van der Waals surface area contributed by atoms with Crippen LogP contribution in [0.1, 0.15) is 13.8 Å². The molecule has 0 aliphatic carbocycles. The number of rotatable bonds is 7. The van der Waals surface area contributed by atoms with E-state index in [9.17, 15) is 18.1 Å². The molecule has 0 bridgehead atoms. The van der Waals surface area contributed by atoms with Crippen molar-refractivity contribution in [3.05, 3.63) is 29.8 Å². The van der Waals surface area contributed by atoms with Gasteiger partial charge in [0.2, 0.25) is 0 Å². The van der Waals surface area contributed by atoms with E-state index in [0.29, 0.717) is 6.07 Å². The normalized spacial score (nSPS) is 11.4. The Bertz CT molecular complexity index is 511. The van der Waals surface area contributed by atoms with Crippen molar-refractivity contribution in [3.63, 3.8) is 0 Å². The van der Waals surface area contributed by atoms with Crippen molar-refractivity contribution < 1.29 is 31.9 Å². The molecule has 1 aromatic rings. The van der Waals surface area contributed by atoms with Gasteiger partial charge in [-0.05, 0) is 26.0 Å². The minimum atomic E-state index is -3.61. The maximum Gasteiger partial charge on any atom is 0.341 e. The fraction of sp³-hybridized carbons (Fsp3) is 0.417. The summed E-state index contributed by atoms with van der Waals surface area (Å²) in [6.07, 6.45) is -0.647. The van der Waals surface area contributed by atoms with Gasteiger partial charge in [-0.25, -0.2) is 8.78 Å². The molecule has 8 heteroatoms. The first-order valence-corrected chi connectivity index (χ1v) is 7.67. The zero-order valence-corrected chi connectivity index (χ0v) is 12.0. The highest BCUT2D eigenvalue weighted by molar-refractivity contribution is 7.54. The summed E-state index contributed by atoms with van der Waals surface area (Å²) in [6, 6.07) is 2.48. The molecule has 112 valence electrons. The van der Waals surface area contributed by atoms with E-state index in [2.05, 4.69) is 4.74 Å². The fourth-order valence-corrected chi connectivity index (χ4v) is 2.82. The zero-order valence-electron chi connectivity index (χ0n) is 11.1. The van der Waals surface area contributed by atoms with E-state index in [1.807, 2.05) is 0 Å². The van der Waals surface area contributed by atoms with Crippen molar-refractivity contribution in [2.24, 2.45) is 0 Å². The summed E-state index contributed by atoms with van der Waals surface area (Å²) >= 11 is 0. The average Bonchev–Trinajstić information content (AvgIpc) is 2.33. The van der Waals surface area contributed by atoms with Gasteiger partial charge in [0.15, 0.2) is 11.6 Å². The van der Waals surface area contributed by atoms with Crippen LogP contribution in [0.3, 0.4) is 0 Å². The second-order valence-electron chi connectivity index (χ2n) is 3.65. The summed E-state index contributed by atoms with van der Waals surface area (Å²) in [4.78, 5) is 11.6. The zero-order chi connectivity index (χ0) is 15.2. The molecule has 0 fully saturated rings. The maximum absolute atomic E-state index is 13.3. The van der Waals surface area contributed by atoms with Crippen LogP contribution < -0.4 is 4.74 Å². The Hall–Kier alpha value is -1.30. The highest BCUT2D eigenvalue weighted by Crippen LogP contribution is 2.47. The topological polar surface area (TPSA) is 61.8 Å². The molecule has 0 saturated heterocycles. The van der Waals surface area contributed by atoms with Gasteiger partial charge >= 0.3 is 13.6 Å². The van der Waals surface area contributed by atoms with Crippen LogP contribution in [0.15, 0.2) is 18.2 Å². The second kappa shape index (κ2) is 7.47. The number of hydrogen-bond acceptors (Lipinski definition) is 5. The molecule has 1 aromatic carbocycles. The van der Waals surface area contributed by atoms with Crippen LogP contribution in [-0.4, -0.2) is 25.3 Å². The first-order valence-electron chi connectivity index (χ1n) is 5.94. The van der Waals surface area contributed by atoms with E-state index in [4.69, 9.17) is 9.05 Å². The van der Waals surface area contributed by atoms with Crippen LogP contribution >= 0.6 is 7.60 Å². The third kappa shape index (κ3) is 5.00. The number of esters is 1. The number of benzene rings is 1. The molecule has 0 amide bonds. The third-order valence-corrected chi connectivity index (χ3v) is 4.04. The SMILES string of the molecule is CCOP(=O)(CC(=O)Oc1ccc(F)cc1F)OCC. The predicted molar refractivity (Wildman–Crippen MR) is 67.7 cm³/mol. The Morgan fingerprint density at radius 3 is 2.30 bits per heavy atom. The summed E-state index contributed by atoms with van der Waals surface area (Å²) in [5.41, 5.74) is 0. The molecule has 0 heterocycles. The lowest BCUT2D eigenvalue weighted by Gasteiger charge is -2.16. The van der Waals surface area contributed by atoms with Crippen molar-refractivity contribution in [3.8, 4) is 5.75 Å². The first kappa shape index (κ1) is 16.8. The van der Waals surface area contributed by atoms with Crippen molar-refractivity contribution in [2.75, 3.05) is 19.4 Å². The minimum absolute atomic E-state index is 0.0927. The smallest absolute Gasteiger partial charge is 0.341 e. The van der Waals surface area contributed by atoms with E-state index >= 15 is 0 Å². The molecule has 0 radical (unpaired) electrons. The largest absolute Gasteiger partial charge is 0.423 e. The van der Waals surface area contributed by atoms with Crippen molar-refractivity contribution in [1.82, 2.24) is 0 Å². The molecule has 1 rings (SSSR count). The van der Waals surface area contributed by atoms with Gasteiger partial charge < -0.3 is 13.8 Å². The third-order valence-electron chi connectivity index (χ3n) is 2.09. The quantitative estimate of drug-likeness (QED) is 0.440. The molecule has 0 N–H and O–H groups in total. The number of hydrogen-bond donors (Lipinski definition) is 0. The standard InChI is InChI=1S/C12H15F2O5P/c1-3-17-20(16,18-4-2)8-12(15)19-11-6-5-9(13)7-10(11)14/h5-7H,3-4,8H2,1-2H3. The Balaban J connectivity index is 2.73. The van der Waals surface area contributed by atoms with Crippen LogP contribution in [-0.2, 0) is 18.4 Å². The lowest BCUT2D eigenvalue weighted by Crippen LogP contribution is -2.16. The van der Waals surface area contributed by atoms with Gasteiger partial charge in [-0.15, -0.1) is 0 Å². The summed E-state index contributed by atoms with van der Waals surface area (Å²) < 4.78 is 52.5. The second-order valence-corrected chi connectivity index (χ2v) is 5.71. The highest BCUT2D eigenvalue weighted by atomic mass is 31.2. The molecule has 0 aromatic heterocycles. The summed E-state index contributed by atoms with van der Waals surface area (Å²) in [5, 5.41) is 0. The van der Waals surface area contributed by atoms with Crippen molar-refractivity contribution in [1.29, 1.82) is 0 Å². The van der Waals surface area contributed by atoms with Crippen molar-refractivity contribution >= 4 is 13.6 Å². The van der Waals surface area contributed by atoms with Gasteiger partial charge in [0.1, 0.15) is 12.0 Å². The predicted octanol–water partition coefficient (Wildman–Crippen LogP) is 3.14. The monoisotopic (exact) mass is 308 g/mol. The van der Waals surface area contributed by atoms with E-state index < -0.39 is 37.1 Å². The summed E-state index contributed by atoms with van der Waals surface area (Å²) in [7, 11) is -3.61. The molecule has 0 aliphatic rings. The van der Waals surface area contributed by atoms with Crippen LogP contribution in [0.25, 0.3) is 0 Å². The van der Waals surface area contributed by atoms with E-state index in [-0.39, 0.29) is 13.2 Å². The van der Waals surface area contributed by atoms with Gasteiger partial charge in [0.25, 0.3) is 0 Å². The van der Waals surface area contributed by atoms with Gasteiger partial charge in [-0.2, -0.15) is 0 Å². The van der Waals surface area contributed by atoms with Crippen LogP contribution in [0.5, 0.6) is 5.75 Å². The fourth-order valence-electron chi connectivity index (χ4n) is 1.39. The van der Waals surface area contributed by atoms with Crippen LogP contribution in [0, 0.1) is 11.6 Å². The Kier molecular flexibility index (Phi) is 6.26. The van der Waals surface area contributed by atoms with Crippen LogP contribution in [0.2, 0.25) is 0 Å². The van der Waals surface area contributed by atoms with E-state index in [0.717, 1.165) is 12.1 Å². The maximum atomic E-state index is 13.3. The molecule has 0 atom stereocenters. The number of carbonyl (C=O) groups is 1. The molecular weight excluding hydrogens is 293 g/mol. The van der Waals surface area contributed by atoms with E-state index in [1.165, 1.54) is 0 Å². The molecular formula is C12H15F2O5P. The Morgan fingerprint density at radius 1 is 1.20 bits per heavy atom. The summed E-state index contributed by atoms with van der Waals surface area (Å²) in [5.74, 6) is -3.26. The number of halogens is 2. The van der Waals surface area contributed by atoms with E-state index in [1.54, 1.807) is 13.8 Å². The molecule has 5 nitrogen and oxygen atoms in total. The first-order chi connectivity index (χ1) is 9.40. The molecule has 20 heavy (non-hydrogen) atoms. The average molecular weight is 308 g/mol. The Labute approximate surface area is 115 Å². The number of carbonyl (C=O) groups excluding carboxylic acids is 1. The molecule has 0 unspecified atom stereocenters. The lowest BCUT2D eigenvalue weighted by molar-refractivity contribution is -0.132. The highest BCUT2D eigenvalue weighted by Gasteiger charge is 2.29. The van der Waals surface area contributed by atoms with Crippen LogP contribution in [0.4, 0.5) is 8.78 Å². The van der Waals surface area contributed by atoms with Gasteiger partial charge in [-0.3, -0.25) is 9.36 Å². The van der Waals surface area contributed by atoms with Gasteiger partial charge in [-0.1, -0.05) is 0 Å². The molecule has 0 aliphatic heterocycles. The summed E-state index contributed by atoms with van der Waals surface area (Å²) in [6.45, 7) is 3.37. The molecule has 0 spiro atoms. The lowest BCUT2D eigenvalue weighted by atomic mass is 10.3. The van der Waals surface area contributed by atoms with Gasteiger partial charge in [0, 0.05) is 6.07 Å². The minimum Gasteiger partial charge on any atom is -0.423 e. The molecule has 0 saturated carbocycles. The Morgan fingerprint density at radius 2 is 1.80 bits per heavy atom.